The highest BCUT2D eigenvalue weighted by atomic mass is 16.2. The molecule has 3 atom stereocenters. The number of carbonyl (C=O) groups excluding carboxylic acids is 2. The van der Waals surface area contributed by atoms with Gasteiger partial charge in [0.25, 0.3) is 0 Å². The number of nitrogens with two attached hydrogens (primary N) is 2. The fourth-order valence-corrected chi connectivity index (χ4v) is 3.05. The van der Waals surface area contributed by atoms with Gasteiger partial charge in [-0.2, -0.15) is 0 Å². The van der Waals surface area contributed by atoms with Crippen LogP contribution in [0.4, 0.5) is 0 Å². The monoisotopic (exact) mass is 325 g/mol. The van der Waals surface area contributed by atoms with Crippen LogP contribution >= 0.6 is 0 Å². The molecule has 0 aromatic heterocycles. The van der Waals surface area contributed by atoms with Gasteiger partial charge in [-0.1, -0.05) is 47.0 Å². The predicted molar refractivity (Wildman–Crippen MR) is 93.8 cm³/mol. The lowest BCUT2D eigenvalue weighted by Gasteiger charge is -2.35. The lowest BCUT2D eigenvalue weighted by atomic mass is 9.73. The molecule has 5 heteroatoms. The van der Waals surface area contributed by atoms with E-state index >= 15 is 0 Å². The summed E-state index contributed by atoms with van der Waals surface area (Å²) < 4.78 is 0. The van der Waals surface area contributed by atoms with Crippen molar-refractivity contribution in [3.05, 3.63) is 0 Å². The second-order valence-electron chi connectivity index (χ2n) is 8.04. The maximum Gasteiger partial charge on any atom is 0.237 e. The number of amides is 1. The van der Waals surface area contributed by atoms with E-state index in [2.05, 4.69) is 5.32 Å². The quantitative estimate of drug-likeness (QED) is 0.565. The SMILES string of the molecule is CC(C1CCC1)C(N)C(=O)N[C@@H](CCCCN)C(=O)C(C)(C)C. The minimum atomic E-state index is -0.537. The lowest BCUT2D eigenvalue weighted by Crippen LogP contribution is -2.54. The van der Waals surface area contributed by atoms with Crippen molar-refractivity contribution in [2.24, 2.45) is 28.7 Å². The smallest absolute Gasteiger partial charge is 0.237 e. The third-order valence-corrected chi connectivity index (χ3v) is 5.08. The first-order valence-electron chi connectivity index (χ1n) is 8.98. The van der Waals surface area contributed by atoms with Crippen molar-refractivity contribution in [1.82, 2.24) is 5.32 Å². The van der Waals surface area contributed by atoms with Crippen LogP contribution in [0.15, 0.2) is 0 Å². The second kappa shape index (κ2) is 8.78. The van der Waals surface area contributed by atoms with E-state index in [0.29, 0.717) is 18.9 Å². The molecule has 0 aromatic rings. The Kier molecular flexibility index (Phi) is 7.68. The Morgan fingerprint density at radius 1 is 1.22 bits per heavy atom. The maximum absolute atomic E-state index is 12.6. The van der Waals surface area contributed by atoms with E-state index in [1.54, 1.807) is 0 Å². The lowest BCUT2D eigenvalue weighted by molar-refractivity contribution is -0.133. The Morgan fingerprint density at radius 3 is 2.26 bits per heavy atom. The molecular weight excluding hydrogens is 290 g/mol. The fraction of sp³-hybridized carbons (Fsp3) is 0.889. The highest BCUT2D eigenvalue weighted by Gasteiger charge is 2.35. The van der Waals surface area contributed by atoms with Crippen LogP contribution in [0, 0.1) is 17.3 Å². The molecule has 0 spiro atoms. The zero-order valence-electron chi connectivity index (χ0n) is 15.2. The summed E-state index contributed by atoms with van der Waals surface area (Å²) >= 11 is 0. The van der Waals surface area contributed by atoms with Crippen molar-refractivity contribution in [2.45, 2.75) is 78.3 Å². The number of rotatable bonds is 9. The van der Waals surface area contributed by atoms with E-state index in [0.717, 1.165) is 25.7 Å². The largest absolute Gasteiger partial charge is 0.345 e. The minimum Gasteiger partial charge on any atom is -0.345 e. The second-order valence-corrected chi connectivity index (χ2v) is 8.04. The molecule has 0 radical (unpaired) electrons. The molecule has 1 amide bonds. The van der Waals surface area contributed by atoms with Gasteiger partial charge in [0.1, 0.15) is 0 Å². The minimum absolute atomic E-state index is 0.0615. The molecule has 0 saturated heterocycles. The molecule has 134 valence electrons. The topological polar surface area (TPSA) is 98.2 Å². The van der Waals surface area contributed by atoms with Crippen LogP contribution in [0.25, 0.3) is 0 Å². The number of nitrogens with one attached hydrogen (secondary N) is 1. The first-order chi connectivity index (χ1) is 10.7. The van der Waals surface area contributed by atoms with Gasteiger partial charge < -0.3 is 16.8 Å². The van der Waals surface area contributed by atoms with Gasteiger partial charge in [0.05, 0.1) is 12.1 Å². The molecular formula is C18H35N3O2. The molecule has 2 unspecified atom stereocenters. The fourth-order valence-electron chi connectivity index (χ4n) is 3.05. The van der Waals surface area contributed by atoms with E-state index in [1.165, 1.54) is 6.42 Å². The summed E-state index contributed by atoms with van der Waals surface area (Å²) in [5.74, 6) is 0.578. The average molecular weight is 325 g/mol. The van der Waals surface area contributed by atoms with Crippen molar-refractivity contribution in [2.75, 3.05) is 6.54 Å². The Labute approximate surface area is 140 Å². The van der Waals surface area contributed by atoms with Crippen molar-refractivity contribution >= 4 is 11.7 Å². The first-order valence-corrected chi connectivity index (χ1v) is 8.98. The highest BCUT2D eigenvalue weighted by Crippen LogP contribution is 2.34. The molecule has 1 aliphatic carbocycles. The van der Waals surface area contributed by atoms with Gasteiger partial charge in [0.15, 0.2) is 5.78 Å². The van der Waals surface area contributed by atoms with E-state index < -0.39 is 17.5 Å². The highest BCUT2D eigenvalue weighted by molar-refractivity contribution is 5.93. The van der Waals surface area contributed by atoms with Crippen molar-refractivity contribution in [3.8, 4) is 0 Å². The molecule has 5 N–H and O–H groups in total. The van der Waals surface area contributed by atoms with Crippen LogP contribution in [0.5, 0.6) is 0 Å². The Bertz CT molecular complexity index is 400. The summed E-state index contributed by atoms with van der Waals surface area (Å²) in [6.07, 6.45) is 5.86. The number of hydrogen-bond acceptors (Lipinski definition) is 4. The molecule has 1 rings (SSSR count). The van der Waals surface area contributed by atoms with Crippen LogP contribution in [0.1, 0.15) is 66.2 Å². The molecule has 5 nitrogen and oxygen atoms in total. The summed E-state index contributed by atoms with van der Waals surface area (Å²) in [4.78, 5) is 25.1. The number of unbranched alkanes of at least 4 members (excludes halogenated alkanes) is 1. The summed E-state index contributed by atoms with van der Waals surface area (Å²) in [6, 6.07) is -1.00. The van der Waals surface area contributed by atoms with Crippen LogP contribution in [-0.4, -0.2) is 30.3 Å². The van der Waals surface area contributed by atoms with Crippen molar-refractivity contribution < 1.29 is 9.59 Å². The number of ketones is 1. The zero-order valence-corrected chi connectivity index (χ0v) is 15.2. The molecule has 23 heavy (non-hydrogen) atoms. The van der Waals surface area contributed by atoms with Gasteiger partial charge in [-0.15, -0.1) is 0 Å². The summed E-state index contributed by atoms with van der Waals surface area (Å²) in [5.41, 5.74) is 11.2. The summed E-state index contributed by atoms with van der Waals surface area (Å²) in [7, 11) is 0. The number of Topliss-reactive ketones (excluding diaryl/α,β-unsaturated/α-hetero) is 1. The average Bonchev–Trinajstić information content (AvgIpc) is 2.41. The molecule has 0 aliphatic heterocycles. The van der Waals surface area contributed by atoms with Crippen LogP contribution in [0.3, 0.4) is 0 Å². The van der Waals surface area contributed by atoms with E-state index in [-0.39, 0.29) is 17.6 Å². The van der Waals surface area contributed by atoms with E-state index in [9.17, 15) is 9.59 Å². The third-order valence-electron chi connectivity index (χ3n) is 5.08. The third kappa shape index (κ3) is 5.88. The maximum atomic E-state index is 12.6. The van der Waals surface area contributed by atoms with E-state index in [1.807, 2.05) is 27.7 Å². The predicted octanol–water partition coefficient (Wildman–Crippen LogP) is 1.98. The number of hydrogen-bond donors (Lipinski definition) is 3. The van der Waals surface area contributed by atoms with Gasteiger partial charge in [0.2, 0.25) is 5.91 Å². The van der Waals surface area contributed by atoms with Crippen LogP contribution in [0.2, 0.25) is 0 Å². The number of carbonyl (C=O) groups is 2. The van der Waals surface area contributed by atoms with Gasteiger partial charge in [-0.25, -0.2) is 0 Å². The summed E-state index contributed by atoms with van der Waals surface area (Å²) in [6.45, 7) is 8.29. The van der Waals surface area contributed by atoms with Crippen LogP contribution in [-0.2, 0) is 9.59 Å². The Balaban J connectivity index is 2.66. The molecule has 1 saturated carbocycles. The van der Waals surface area contributed by atoms with Crippen molar-refractivity contribution in [1.29, 1.82) is 0 Å². The molecule has 1 aliphatic rings. The Morgan fingerprint density at radius 2 is 1.83 bits per heavy atom. The van der Waals surface area contributed by atoms with Crippen LogP contribution < -0.4 is 16.8 Å². The van der Waals surface area contributed by atoms with Gasteiger partial charge in [-0.05, 0) is 37.6 Å². The molecule has 0 heterocycles. The molecule has 0 bridgehead atoms. The zero-order chi connectivity index (χ0) is 17.6. The Hall–Kier alpha value is -0.940. The standard InChI is InChI=1S/C18H35N3O2/c1-12(13-8-7-9-13)15(20)17(23)21-14(10-5-6-11-19)16(22)18(2,3)4/h12-15H,5-11,19-20H2,1-4H3,(H,21,23)/t12?,14-,15?/m0/s1. The van der Waals surface area contributed by atoms with Gasteiger partial charge in [0, 0.05) is 5.41 Å². The molecule has 1 fully saturated rings. The summed E-state index contributed by atoms with van der Waals surface area (Å²) in [5, 5.41) is 2.91. The van der Waals surface area contributed by atoms with Gasteiger partial charge in [-0.3, -0.25) is 9.59 Å². The first kappa shape index (κ1) is 20.1. The normalized spacial score (nSPS) is 19.6. The van der Waals surface area contributed by atoms with Crippen molar-refractivity contribution in [3.63, 3.8) is 0 Å². The molecule has 0 aromatic carbocycles. The van der Waals surface area contributed by atoms with Gasteiger partial charge >= 0.3 is 0 Å². The van der Waals surface area contributed by atoms with E-state index in [4.69, 9.17) is 11.5 Å².